The first kappa shape index (κ1) is 12.9. The number of aliphatic carboxylic acids is 1. The normalized spacial score (nSPS) is 11.8. The Kier molecular flexibility index (Phi) is 8.74. The molecule has 11 heavy (non-hydrogen) atoms. The molecule has 0 aromatic rings. The number of halogens is 1. The van der Waals surface area contributed by atoms with Gasteiger partial charge >= 0.3 is 5.97 Å². The lowest BCUT2D eigenvalue weighted by Gasteiger charge is -2.03. The van der Waals surface area contributed by atoms with E-state index in [2.05, 4.69) is 0 Å². The second-order valence-electron chi connectivity index (χ2n) is 2.23. The Morgan fingerprint density at radius 1 is 1.45 bits per heavy atom. The number of hydrogen-bond acceptors (Lipinski definition) is 3. The van der Waals surface area contributed by atoms with Gasteiger partial charge in [-0.15, -0.1) is 0 Å². The lowest BCUT2D eigenvalue weighted by molar-refractivity contribution is -0.138. The molecule has 0 aliphatic carbocycles. The van der Waals surface area contributed by atoms with Gasteiger partial charge < -0.3 is 16.6 Å². The van der Waals surface area contributed by atoms with Gasteiger partial charge in [-0.05, 0) is 19.4 Å². The molecule has 0 unspecified atom stereocenters. The fourth-order valence-electron chi connectivity index (χ4n) is 0.632. The smallest absolute Gasteiger partial charge is 0.320 e. The van der Waals surface area contributed by atoms with Crippen molar-refractivity contribution < 1.29 is 14.6 Å². The van der Waals surface area contributed by atoms with E-state index in [1.165, 1.54) is 0 Å². The van der Waals surface area contributed by atoms with Crippen molar-refractivity contribution in [2.75, 3.05) is 6.54 Å². The highest BCUT2D eigenvalue weighted by atomic mass is 19.0. The SMILES string of the molecule is F.NCCCC[C@H](N)C(=O)O. The summed E-state index contributed by atoms with van der Waals surface area (Å²) in [5, 5.41) is 8.33. The largest absolute Gasteiger partial charge is 0.480 e. The molecule has 0 aromatic heterocycles. The van der Waals surface area contributed by atoms with Gasteiger partial charge in [-0.1, -0.05) is 6.42 Å². The number of carboxylic acid groups (broad SMARTS) is 1. The number of nitrogens with two attached hydrogens (primary N) is 2. The van der Waals surface area contributed by atoms with E-state index >= 15 is 0 Å². The molecule has 0 fully saturated rings. The Hall–Kier alpha value is -0.680. The van der Waals surface area contributed by atoms with E-state index in [9.17, 15) is 4.79 Å². The van der Waals surface area contributed by atoms with Crippen LogP contribution < -0.4 is 11.5 Å². The fraction of sp³-hybridized carbons (Fsp3) is 0.833. The summed E-state index contributed by atoms with van der Waals surface area (Å²) in [6, 6.07) is -0.716. The van der Waals surface area contributed by atoms with Crippen molar-refractivity contribution in [3.8, 4) is 0 Å². The molecule has 5 N–H and O–H groups in total. The molecule has 0 bridgehead atoms. The average Bonchev–Trinajstić information content (AvgIpc) is 1.88. The van der Waals surface area contributed by atoms with Crippen LogP contribution in [0.1, 0.15) is 19.3 Å². The van der Waals surface area contributed by atoms with Crippen molar-refractivity contribution in [3.63, 3.8) is 0 Å². The molecule has 1 atom stereocenters. The molecule has 0 saturated carbocycles. The van der Waals surface area contributed by atoms with E-state index in [0.29, 0.717) is 13.0 Å². The summed E-state index contributed by atoms with van der Waals surface area (Å²) in [5.41, 5.74) is 10.4. The number of carbonyl (C=O) groups is 1. The third-order valence-corrected chi connectivity index (χ3v) is 1.29. The van der Waals surface area contributed by atoms with Gasteiger partial charge in [0.15, 0.2) is 0 Å². The molecule has 4 nitrogen and oxygen atoms in total. The Balaban J connectivity index is 0. The van der Waals surface area contributed by atoms with Gasteiger partial charge in [-0.3, -0.25) is 9.50 Å². The molecule has 68 valence electrons. The molecule has 0 spiro atoms. The van der Waals surface area contributed by atoms with Crippen molar-refractivity contribution in [3.05, 3.63) is 0 Å². The predicted molar refractivity (Wildman–Crippen MR) is 41.0 cm³/mol. The Morgan fingerprint density at radius 3 is 2.36 bits per heavy atom. The van der Waals surface area contributed by atoms with E-state index in [0.717, 1.165) is 12.8 Å². The molecule has 5 heteroatoms. The van der Waals surface area contributed by atoms with Crippen LogP contribution in [-0.2, 0) is 4.79 Å². The van der Waals surface area contributed by atoms with E-state index in [1.807, 2.05) is 0 Å². The van der Waals surface area contributed by atoms with Crippen molar-refractivity contribution in [2.24, 2.45) is 11.5 Å². The second kappa shape index (κ2) is 7.43. The summed E-state index contributed by atoms with van der Waals surface area (Å²) in [6.45, 7) is 0.604. The van der Waals surface area contributed by atoms with Gasteiger partial charge in [-0.2, -0.15) is 0 Å². The molecule has 0 aromatic carbocycles. The first-order valence-corrected chi connectivity index (χ1v) is 3.37. The molecule has 0 amide bonds. The minimum atomic E-state index is -0.933. The monoisotopic (exact) mass is 166 g/mol. The minimum Gasteiger partial charge on any atom is -0.480 e. The zero-order valence-corrected chi connectivity index (χ0v) is 6.32. The van der Waals surface area contributed by atoms with Crippen LogP contribution in [0.25, 0.3) is 0 Å². The van der Waals surface area contributed by atoms with Crippen molar-refractivity contribution in [1.29, 1.82) is 0 Å². The van der Waals surface area contributed by atoms with E-state index < -0.39 is 12.0 Å². The lowest BCUT2D eigenvalue weighted by Crippen LogP contribution is -2.29. The Labute approximate surface area is 64.9 Å². The highest BCUT2D eigenvalue weighted by molar-refractivity contribution is 5.72. The molecule has 0 aliphatic rings. The van der Waals surface area contributed by atoms with Crippen molar-refractivity contribution in [1.82, 2.24) is 0 Å². The number of unbranched alkanes of at least 4 members (excludes halogenated alkanes) is 1. The molecule has 0 heterocycles. The Morgan fingerprint density at radius 2 is 2.00 bits per heavy atom. The fourth-order valence-corrected chi connectivity index (χ4v) is 0.632. The molecular formula is C6H15FN2O2. The quantitative estimate of drug-likeness (QED) is 0.488. The van der Waals surface area contributed by atoms with Gasteiger partial charge in [0.1, 0.15) is 6.04 Å². The summed E-state index contributed by atoms with van der Waals surface area (Å²) < 4.78 is 0. The predicted octanol–water partition coefficient (Wildman–Crippen LogP) is -0.320. The standard InChI is InChI=1S/C6H14N2O2.FH/c7-4-2-1-3-5(8)6(9)10;/h5H,1-4,7-8H2,(H,9,10);1H/t5-;/m0./s1. The van der Waals surface area contributed by atoms with Crippen LogP contribution >= 0.6 is 0 Å². The molecule has 0 aliphatic heterocycles. The van der Waals surface area contributed by atoms with E-state index in [4.69, 9.17) is 16.6 Å². The van der Waals surface area contributed by atoms with Gasteiger partial charge in [0.2, 0.25) is 0 Å². The van der Waals surface area contributed by atoms with Crippen LogP contribution in [-0.4, -0.2) is 23.7 Å². The molecule has 0 saturated heterocycles. The van der Waals surface area contributed by atoms with Crippen molar-refractivity contribution >= 4 is 5.97 Å². The average molecular weight is 166 g/mol. The topological polar surface area (TPSA) is 89.3 Å². The highest BCUT2D eigenvalue weighted by Gasteiger charge is 2.09. The molecule has 0 radical (unpaired) electrons. The van der Waals surface area contributed by atoms with Crippen molar-refractivity contribution in [2.45, 2.75) is 25.3 Å². The second-order valence-corrected chi connectivity index (χ2v) is 2.23. The highest BCUT2D eigenvalue weighted by Crippen LogP contribution is 1.96. The zero-order valence-electron chi connectivity index (χ0n) is 6.32. The van der Waals surface area contributed by atoms with Crippen LogP contribution in [0.5, 0.6) is 0 Å². The van der Waals surface area contributed by atoms with E-state index in [1.54, 1.807) is 0 Å². The third kappa shape index (κ3) is 7.21. The summed E-state index contributed by atoms with van der Waals surface area (Å²) >= 11 is 0. The van der Waals surface area contributed by atoms with Crippen LogP contribution in [0.2, 0.25) is 0 Å². The van der Waals surface area contributed by atoms with Gasteiger partial charge in [0.05, 0.1) is 0 Å². The number of rotatable bonds is 5. The van der Waals surface area contributed by atoms with Gasteiger partial charge in [0, 0.05) is 0 Å². The van der Waals surface area contributed by atoms with Crippen LogP contribution in [0, 0.1) is 0 Å². The maximum atomic E-state index is 10.1. The number of hydrogen-bond donors (Lipinski definition) is 3. The van der Waals surface area contributed by atoms with Gasteiger partial charge in [0.25, 0.3) is 0 Å². The van der Waals surface area contributed by atoms with Gasteiger partial charge in [-0.25, -0.2) is 0 Å². The summed E-state index contributed by atoms with van der Waals surface area (Å²) in [4.78, 5) is 10.1. The zero-order chi connectivity index (χ0) is 7.98. The van der Waals surface area contributed by atoms with Crippen LogP contribution in [0.3, 0.4) is 0 Å². The van der Waals surface area contributed by atoms with Crippen LogP contribution in [0.4, 0.5) is 4.70 Å². The van der Waals surface area contributed by atoms with Crippen LogP contribution in [0.15, 0.2) is 0 Å². The summed E-state index contributed by atoms with van der Waals surface area (Å²) in [6.07, 6.45) is 2.16. The maximum absolute atomic E-state index is 10.1. The first-order valence-electron chi connectivity index (χ1n) is 3.37. The molecular weight excluding hydrogens is 151 g/mol. The summed E-state index contributed by atoms with van der Waals surface area (Å²) in [5.74, 6) is -0.933. The minimum absolute atomic E-state index is 0. The lowest BCUT2D eigenvalue weighted by atomic mass is 10.1. The number of carboxylic acids is 1. The summed E-state index contributed by atoms with van der Waals surface area (Å²) in [7, 11) is 0. The maximum Gasteiger partial charge on any atom is 0.320 e. The Bertz CT molecular complexity index is 111. The van der Waals surface area contributed by atoms with E-state index in [-0.39, 0.29) is 4.70 Å². The first-order chi connectivity index (χ1) is 4.68. The molecule has 0 rings (SSSR count). The third-order valence-electron chi connectivity index (χ3n) is 1.29.